The number of rotatable bonds is 10. The number of carboxylic acids is 1. The van der Waals surface area contributed by atoms with Gasteiger partial charge in [0.2, 0.25) is 16.9 Å². The fourth-order valence-electron chi connectivity index (χ4n) is 3.62. The lowest BCUT2D eigenvalue weighted by Crippen LogP contribution is -2.12. The number of anilines is 1. The van der Waals surface area contributed by atoms with Gasteiger partial charge in [-0.05, 0) is 60.7 Å². The first-order chi connectivity index (χ1) is 20.5. The second kappa shape index (κ2) is 12.3. The number of nitrogens with one attached hydrogen (secondary N) is 1. The molecule has 0 fully saturated rings. The number of ether oxygens (including phenoxy) is 3. The molecular formula is C29H20FN3O8S2. The Morgan fingerprint density at radius 3 is 2.23 bits per heavy atom. The van der Waals surface area contributed by atoms with Gasteiger partial charge in [0.05, 0.1) is 16.7 Å². The number of aromatic carboxylic acids is 1. The van der Waals surface area contributed by atoms with E-state index in [4.69, 9.17) is 14.2 Å². The van der Waals surface area contributed by atoms with E-state index in [2.05, 4.69) is 15.3 Å². The molecule has 5 aromatic rings. The summed E-state index contributed by atoms with van der Waals surface area (Å²) < 4.78 is 54.4. The van der Waals surface area contributed by atoms with E-state index < -0.39 is 27.7 Å². The van der Waals surface area contributed by atoms with Gasteiger partial charge in [0.15, 0.2) is 15.0 Å². The SMILES string of the molecule is CS(=O)(=O)c1ccc(Oc2cc(Oc3cccc(F)n3)cc(C(=O)Nc3ncc(Oc4cccc(C(=O)O)c4)s3)c2)cc1. The lowest BCUT2D eigenvalue weighted by molar-refractivity contribution is 0.0696. The van der Waals surface area contributed by atoms with Crippen LogP contribution in [-0.4, -0.2) is 41.6 Å². The molecule has 2 heterocycles. The minimum atomic E-state index is -3.41. The van der Waals surface area contributed by atoms with Gasteiger partial charge in [-0.15, -0.1) is 0 Å². The maximum atomic E-state index is 13.6. The first kappa shape index (κ1) is 29.2. The summed E-state index contributed by atoms with van der Waals surface area (Å²) in [7, 11) is -3.41. The molecule has 2 aromatic heterocycles. The molecule has 1 amide bonds. The Balaban J connectivity index is 1.37. The van der Waals surface area contributed by atoms with E-state index in [9.17, 15) is 27.5 Å². The van der Waals surface area contributed by atoms with Crippen molar-refractivity contribution in [3.05, 3.63) is 108 Å². The number of hydrogen-bond donors (Lipinski definition) is 2. The van der Waals surface area contributed by atoms with E-state index in [0.717, 1.165) is 23.7 Å². The third-order valence-corrected chi connectivity index (χ3v) is 7.47. The van der Waals surface area contributed by atoms with E-state index >= 15 is 0 Å². The zero-order chi connectivity index (χ0) is 30.6. The molecule has 14 heteroatoms. The van der Waals surface area contributed by atoms with E-state index in [1.54, 1.807) is 6.07 Å². The van der Waals surface area contributed by atoms with Gasteiger partial charge in [0, 0.05) is 24.0 Å². The Labute approximate surface area is 248 Å². The predicted molar refractivity (Wildman–Crippen MR) is 154 cm³/mol. The number of hydrogen-bond acceptors (Lipinski definition) is 10. The quantitative estimate of drug-likeness (QED) is 0.167. The Morgan fingerprint density at radius 2 is 1.53 bits per heavy atom. The monoisotopic (exact) mass is 621 g/mol. The van der Waals surface area contributed by atoms with Gasteiger partial charge in [-0.1, -0.05) is 23.5 Å². The van der Waals surface area contributed by atoms with Crippen molar-refractivity contribution >= 4 is 38.2 Å². The van der Waals surface area contributed by atoms with Crippen LogP contribution in [-0.2, 0) is 9.84 Å². The van der Waals surface area contributed by atoms with E-state index in [-0.39, 0.29) is 50.0 Å². The van der Waals surface area contributed by atoms with Crippen LogP contribution >= 0.6 is 11.3 Å². The van der Waals surface area contributed by atoms with Crippen LogP contribution in [0.3, 0.4) is 0 Å². The largest absolute Gasteiger partial charge is 0.478 e. The summed E-state index contributed by atoms with van der Waals surface area (Å²) in [4.78, 5) is 32.3. The summed E-state index contributed by atoms with van der Waals surface area (Å²) in [6.45, 7) is 0. The van der Waals surface area contributed by atoms with Crippen LogP contribution in [0.2, 0.25) is 0 Å². The molecule has 5 rings (SSSR count). The van der Waals surface area contributed by atoms with Crippen molar-refractivity contribution in [3.8, 4) is 33.9 Å². The fourth-order valence-corrected chi connectivity index (χ4v) is 4.93. The fraction of sp³-hybridized carbons (Fsp3) is 0.0345. The van der Waals surface area contributed by atoms with Crippen LogP contribution in [0.5, 0.6) is 33.9 Å². The normalized spacial score (nSPS) is 11.0. The van der Waals surface area contributed by atoms with Gasteiger partial charge in [-0.3, -0.25) is 10.1 Å². The van der Waals surface area contributed by atoms with Gasteiger partial charge in [-0.2, -0.15) is 9.37 Å². The maximum Gasteiger partial charge on any atom is 0.335 e. The number of carboxylic acid groups (broad SMARTS) is 1. The molecule has 0 saturated carbocycles. The van der Waals surface area contributed by atoms with Crippen molar-refractivity contribution in [1.82, 2.24) is 9.97 Å². The minimum absolute atomic E-state index is 0.0513. The number of benzene rings is 3. The number of pyridine rings is 1. The molecule has 0 aliphatic heterocycles. The molecule has 218 valence electrons. The highest BCUT2D eigenvalue weighted by Gasteiger charge is 2.16. The van der Waals surface area contributed by atoms with Gasteiger partial charge in [0.1, 0.15) is 23.0 Å². The summed E-state index contributed by atoms with van der Waals surface area (Å²) >= 11 is 1.01. The zero-order valence-electron chi connectivity index (χ0n) is 22.1. The molecule has 0 aliphatic carbocycles. The Hall–Kier alpha value is -5.34. The van der Waals surface area contributed by atoms with E-state index in [1.165, 1.54) is 79.0 Å². The first-order valence-electron chi connectivity index (χ1n) is 12.2. The van der Waals surface area contributed by atoms with Crippen LogP contribution in [0.25, 0.3) is 0 Å². The van der Waals surface area contributed by atoms with Crippen molar-refractivity contribution in [1.29, 1.82) is 0 Å². The highest BCUT2D eigenvalue weighted by molar-refractivity contribution is 7.90. The lowest BCUT2D eigenvalue weighted by atomic mass is 10.2. The minimum Gasteiger partial charge on any atom is -0.478 e. The third-order valence-electron chi connectivity index (χ3n) is 5.55. The number of carbonyl (C=O) groups is 2. The number of halogens is 1. The lowest BCUT2D eigenvalue weighted by Gasteiger charge is -2.12. The predicted octanol–water partition coefficient (Wildman–Crippen LogP) is 6.41. The molecular weight excluding hydrogens is 601 g/mol. The molecule has 0 atom stereocenters. The number of sulfone groups is 1. The molecule has 11 nitrogen and oxygen atoms in total. The standard InChI is InChI=1S/C29H20FN3O8S2/c1-43(37,38)23-10-8-19(9-11-23)39-21-13-18(14-22(15-21)40-25-7-3-6-24(30)32-25)27(34)33-29-31-16-26(42-29)41-20-5-2-4-17(12-20)28(35)36/h2-16H,1H3,(H,35,36)(H,31,33,34). The maximum absolute atomic E-state index is 13.6. The van der Waals surface area contributed by atoms with Gasteiger partial charge >= 0.3 is 5.97 Å². The van der Waals surface area contributed by atoms with Crippen molar-refractivity contribution in [2.24, 2.45) is 0 Å². The molecule has 0 spiro atoms. The van der Waals surface area contributed by atoms with Crippen LogP contribution in [0.15, 0.2) is 96.0 Å². The van der Waals surface area contributed by atoms with Crippen molar-refractivity contribution in [2.45, 2.75) is 4.90 Å². The van der Waals surface area contributed by atoms with E-state index in [1.807, 2.05) is 0 Å². The van der Waals surface area contributed by atoms with E-state index in [0.29, 0.717) is 5.06 Å². The molecule has 43 heavy (non-hydrogen) atoms. The van der Waals surface area contributed by atoms with Crippen LogP contribution in [0.4, 0.5) is 9.52 Å². The molecule has 0 radical (unpaired) electrons. The van der Waals surface area contributed by atoms with Gasteiger partial charge < -0.3 is 19.3 Å². The summed E-state index contributed by atoms with van der Waals surface area (Å²) in [5.74, 6) is -1.68. The summed E-state index contributed by atoms with van der Waals surface area (Å²) in [6.07, 6.45) is 2.46. The molecule has 0 bridgehead atoms. The molecule has 3 aromatic carbocycles. The number of nitrogens with zero attached hydrogens (tertiary/aromatic N) is 2. The van der Waals surface area contributed by atoms with Crippen LogP contribution in [0, 0.1) is 5.95 Å². The topological polar surface area (TPSA) is 154 Å². The number of thiazole rings is 1. The molecule has 2 N–H and O–H groups in total. The average Bonchev–Trinajstić information content (AvgIpc) is 3.39. The third kappa shape index (κ3) is 7.69. The van der Waals surface area contributed by atoms with Crippen molar-refractivity contribution in [2.75, 3.05) is 11.6 Å². The van der Waals surface area contributed by atoms with Crippen molar-refractivity contribution < 1.29 is 41.7 Å². The first-order valence-corrected chi connectivity index (χ1v) is 14.9. The zero-order valence-corrected chi connectivity index (χ0v) is 23.7. The highest BCUT2D eigenvalue weighted by Crippen LogP contribution is 2.33. The average molecular weight is 622 g/mol. The van der Waals surface area contributed by atoms with Crippen LogP contribution in [0.1, 0.15) is 20.7 Å². The number of amides is 1. The van der Waals surface area contributed by atoms with Gasteiger partial charge in [-0.25, -0.2) is 18.2 Å². The Bertz CT molecular complexity index is 1930. The number of carbonyl (C=O) groups excluding carboxylic acids is 1. The molecule has 0 aliphatic rings. The summed E-state index contributed by atoms with van der Waals surface area (Å²) in [6, 6.07) is 19.9. The summed E-state index contributed by atoms with van der Waals surface area (Å²) in [5, 5.41) is 12.3. The smallest absolute Gasteiger partial charge is 0.335 e. The van der Waals surface area contributed by atoms with Crippen LogP contribution < -0.4 is 19.5 Å². The van der Waals surface area contributed by atoms with Crippen molar-refractivity contribution in [3.63, 3.8) is 0 Å². The molecule has 0 unspecified atom stereocenters. The molecule has 0 saturated heterocycles. The summed E-state index contributed by atoms with van der Waals surface area (Å²) in [5.41, 5.74) is 0.138. The second-order valence-corrected chi connectivity index (χ2v) is 11.8. The highest BCUT2D eigenvalue weighted by atomic mass is 32.2. The Morgan fingerprint density at radius 1 is 0.837 bits per heavy atom. The number of aromatic nitrogens is 2. The second-order valence-electron chi connectivity index (χ2n) is 8.81. The van der Waals surface area contributed by atoms with Gasteiger partial charge in [0.25, 0.3) is 5.91 Å². The Kier molecular flexibility index (Phi) is 8.32.